The van der Waals surface area contributed by atoms with E-state index in [0.717, 1.165) is 29.7 Å². The summed E-state index contributed by atoms with van der Waals surface area (Å²) in [7, 11) is -2.33. The van der Waals surface area contributed by atoms with E-state index < -0.39 is 28.1 Å². The van der Waals surface area contributed by atoms with E-state index >= 15 is 0 Å². The number of nitrogens with zero attached hydrogens (tertiary/aromatic N) is 1. The number of sulfonamides is 1. The summed E-state index contributed by atoms with van der Waals surface area (Å²) in [6, 6.07) is 16.2. The fourth-order valence-corrected chi connectivity index (χ4v) is 7.24. The lowest BCUT2D eigenvalue weighted by Crippen LogP contribution is -2.42. The number of nitrogens with one attached hydrogen (secondary N) is 2. The van der Waals surface area contributed by atoms with Crippen molar-refractivity contribution in [3.8, 4) is 10.4 Å². The van der Waals surface area contributed by atoms with Gasteiger partial charge in [0.25, 0.3) is 0 Å². The molecule has 0 saturated carbocycles. The molecule has 1 amide bonds. The van der Waals surface area contributed by atoms with Crippen molar-refractivity contribution in [2.24, 2.45) is 0 Å². The quantitative estimate of drug-likeness (QED) is 0.337. The van der Waals surface area contributed by atoms with Gasteiger partial charge in [0.05, 0.1) is 18.6 Å². The molecule has 0 aliphatic carbocycles. The van der Waals surface area contributed by atoms with Crippen LogP contribution in [0.15, 0.2) is 54.6 Å². The van der Waals surface area contributed by atoms with E-state index in [1.165, 1.54) is 11.2 Å². The zero-order chi connectivity index (χ0) is 29.1. The lowest BCUT2D eigenvalue weighted by molar-refractivity contribution is -0.167. The van der Waals surface area contributed by atoms with Crippen LogP contribution in [0.25, 0.3) is 10.4 Å². The Morgan fingerprint density at radius 3 is 2.38 bits per heavy atom. The van der Waals surface area contributed by atoms with Crippen molar-refractivity contribution in [2.45, 2.75) is 37.7 Å². The highest BCUT2D eigenvalue weighted by Crippen LogP contribution is 2.41. The van der Waals surface area contributed by atoms with Crippen LogP contribution in [0.3, 0.4) is 0 Å². The van der Waals surface area contributed by atoms with E-state index in [0.29, 0.717) is 41.9 Å². The standard InChI is InChI=1S/C27H28F3N3O5S2/c1-17-22(32-26(35)27(28,29)30)24(25(34)38-2)39-23(17)19-9-6-10-21(15-19)31-20-11-13-33(14-12-20)40(36,37)16-18-7-4-3-5-8-18/h3-10,15,20,31H,11-14,16H2,1-2H3,(H,32,35). The van der Waals surface area contributed by atoms with Gasteiger partial charge in [0.2, 0.25) is 10.0 Å². The van der Waals surface area contributed by atoms with Crippen LogP contribution in [0.4, 0.5) is 24.5 Å². The van der Waals surface area contributed by atoms with E-state index in [2.05, 4.69) is 5.32 Å². The summed E-state index contributed by atoms with van der Waals surface area (Å²) in [5, 5.41) is 5.22. The lowest BCUT2D eigenvalue weighted by Gasteiger charge is -2.32. The minimum Gasteiger partial charge on any atom is -0.465 e. The number of rotatable bonds is 8. The maximum atomic E-state index is 12.9. The monoisotopic (exact) mass is 595 g/mol. The second kappa shape index (κ2) is 12.0. The second-order valence-corrected chi connectivity index (χ2v) is 12.3. The number of amides is 1. The Morgan fingerprint density at radius 1 is 1.07 bits per heavy atom. The number of hydrogen-bond donors (Lipinski definition) is 2. The molecule has 1 aliphatic heterocycles. The summed E-state index contributed by atoms with van der Waals surface area (Å²) >= 11 is 0.925. The Kier molecular flexibility index (Phi) is 8.86. The van der Waals surface area contributed by atoms with Crippen molar-refractivity contribution in [2.75, 3.05) is 30.8 Å². The molecule has 8 nitrogen and oxygen atoms in total. The van der Waals surface area contributed by atoms with Crippen LogP contribution in [0.1, 0.15) is 33.6 Å². The number of methoxy groups -OCH3 is 1. The highest BCUT2D eigenvalue weighted by atomic mass is 32.2. The fourth-order valence-electron chi connectivity index (χ4n) is 4.50. The van der Waals surface area contributed by atoms with E-state index in [1.807, 2.05) is 29.6 Å². The Bertz CT molecular complexity index is 1480. The third-order valence-corrected chi connectivity index (χ3v) is 9.72. The predicted octanol–water partition coefficient (Wildman–Crippen LogP) is 5.42. The average molecular weight is 596 g/mol. The van der Waals surface area contributed by atoms with Crippen LogP contribution in [-0.2, 0) is 25.3 Å². The molecule has 0 radical (unpaired) electrons. The van der Waals surface area contributed by atoms with Crippen LogP contribution in [0.5, 0.6) is 0 Å². The molecule has 3 aromatic rings. The molecule has 2 N–H and O–H groups in total. The number of halogens is 3. The molecule has 0 spiro atoms. The maximum absolute atomic E-state index is 12.9. The number of esters is 1. The van der Waals surface area contributed by atoms with Gasteiger partial charge in [-0.25, -0.2) is 17.5 Å². The lowest BCUT2D eigenvalue weighted by atomic mass is 10.0. The summed E-state index contributed by atoms with van der Waals surface area (Å²) < 4.78 is 70.7. The molecular weight excluding hydrogens is 567 g/mol. The van der Waals surface area contributed by atoms with Gasteiger partial charge in [0, 0.05) is 29.7 Å². The molecule has 4 rings (SSSR count). The molecule has 0 atom stereocenters. The number of hydrogen-bond acceptors (Lipinski definition) is 7. The SMILES string of the molecule is COC(=O)c1sc(-c2cccc(NC3CCN(S(=O)(=O)Cc4ccccc4)CC3)c2)c(C)c1NC(=O)C(F)(F)F. The highest BCUT2D eigenvalue weighted by Gasteiger charge is 2.40. The molecule has 13 heteroatoms. The van der Waals surface area contributed by atoms with E-state index in [1.54, 1.807) is 30.3 Å². The maximum Gasteiger partial charge on any atom is 0.471 e. The van der Waals surface area contributed by atoms with Crippen molar-refractivity contribution in [1.29, 1.82) is 0 Å². The molecule has 2 aromatic carbocycles. The minimum atomic E-state index is -5.12. The first-order chi connectivity index (χ1) is 18.9. The largest absolute Gasteiger partial charge is 0.471 e. The van der Waals surface area contributed by atoms with Crippen LogP contribution in [0.2, 0.25) is 0 Å². The Hall–Kier alpha value is -3.42. The third kappa shape index (κ3) is 6.83. The second-order valence-electron chi connectivity index (χ2n) is 9.34. The summed E-state index contributed by atoms with van der Waals surface area (Å²) in [5.41, 5.74) is 2.16. The first kappa shape index (κ1) is 29.6. The van der Waals surface area contributed by atoms with Crippen molar-refractivity contribution >= 4 is 44.6 Å². The van der Waals surface area contributed by atoms with Gasteiger partial charge in [-0.05, 0) is 48.6 Å². The molecule has 0 unspecified atom stereocenters. The van der Waals surface area contributed by atoms with Gasteiger partial charge in [-0.15, -0.1) is 11.3 Å². The first-order valence-electron chi connectivity index (χ1n) is 12.4. The number of benzene rings is 2. The normalized spacial score (nSPS) is 15.0. The van der Waals surface area contributed by atoms with Crippen molar-refractivity contribution in [3.05, 3.63) is 70.6 Å². The Morgan fingerprint density at radius 2 is 1.75 bits per heavy atom. The third-order valence-electron chi connectivity index (χ3n) is 6.55. The molecule has 40 heavy (non-hydrogen) atoms. The molecular formula is C27H28F3N3O5S2. The van der Waals surface area contributed by atoms with Crippen LogP contribution < -0.4 is 10.6 Å². The molecule has 1 aromatic heterocycles. The summed E-state index contributed by atoms with van der Waals surface area (Å²) in [6.07, 6.45) is -3.94. The molecule has 1 aliphatic rings. The number of piperidine rings is 1. The van der Waals surface area contributed by atoms with Gasteiger partial charge in [0.1, 0.15) is 4.88 Å². The molecule has 1 saturated heterocycles. The molecule has 214 valence electrons. The minimum absolute atomic E-state index is 0.00937. The number of ether oxygens (including phenoxy) is 1. The molecule has 2 heterocycles. The topological polar surface area (TPSA) is 105 Å². The van der Waals surface area contributed by atoms with E-state index in [-0.39, 0.29) is 22.4 Å². The zero-order valence-electron chi connectivity index (χ0n) is 21.7. The summed E-state index contributed by atoms with van der Waals surface area (Å²) in [5.74, 6) is -3.09. The van der Waals surface area contributed by atoms with Gasteiger partial charge in [-0.1, -0.05) is 42.5 Å². The average Bonchev–Trinajstić information content (AvgIpc) is 3.24. The van der Waals surface area contributed by atoms with Gasteiger partial charge in [-0.2, -0.15) is 13.2 Å². The summed E-state index contributed by atoms with van der Waals surface area (Å²) in [6.45, 7) is 2.28. The van der Waals surface area contributed by atoms with Crippen LogP contribution in [0, 0.1) is 6.92 Å². The van der Waals surface area contributed by atoms with Gasteiger partial charge in [-0.3, -0.25) is 4.79 Å². The van der Waals surface area contributed by atoms with Crippen molar-refractivity contribution < 1.29 is 35.9 Å². The zero-order valence-corrected chi connectivity index (χ0v) is 23.4. The van der Waals surface area contributed by atoms with Crippen molar-refractivity contribution in [1.82, 2.24) is 4.31 Å². The number of carbonyl (C=O) groups excluding carboxylic acids is 2. The Labute approximate surface area is 234 Å². The first-order valence-corrected chi connectivity index (χ1v) is 14.8. The number of alkyl halides is 3. The number of thiophene rings is 1. The summed E-state index contributed by atoms with van der Waals surface area (Å²) in [4.78, 5) is 24.3. The van der Waals surface area contributed by atoms with Gasteiger partial charge >= 0.3 is 18.1 Å². The molecule has 0 bridgehead atoms. The highest BCUT2D eigenvalue weighted by molar-refractivity contribution is 7.88. The number of anilines is 2. The smallest absolute Gasteiger partial charge is 0.465 e. The predicted molar refractivity (Wildman–Crippen MR) is 148 cm³/mol. The van der Waals surface area contributed by atoms with Gasteiger partial charge < -0.3 is 15.4 Å². The fraction of sp³-hybridized carbons (Fsp3) is 0.333. The van der Waals surface area contributed by atoms with E-state index in [4.69, 9.17) is 4.74 Å². The number of carbonyl (C=O) groups is 2. The van der Waals surface area contributed by atoms with E-state index in [9.17, 15) is 31.2 Å². The molecule has 1 fully saturated rings. The van der Waals surface area contributed by atoms with Gasteiger partial charge in [0.15, 0.2) is 0 Å². The van der Waals surface area contributed by atoms with Crippen LogP contribution >= 0.6 is 11.3 Å². The Balaban J connectivity index is 1.47. The van der Waals surface area contributed by atoms with Crippen molar-refractivity contribution in [3.63, 3.8) is 0 Å². The van der Waals surface area contributed by atoms with Crippen LogP contribution in [-0.4, -0.2) is 57.0 Å².